The molecule has 0 saturated carbocycles. The Hall–Kier alpha value is -0.810. The van der Waals surface area contributed by atoms with Crippen LogP contribution in [0.25, 0.3) is 0 Å². The summed E-state index contributed by atoms with van der Waals surface area (Å²) in [6.45, 7) is 6.34. The van der Waals surface area contributed by atoms with Crippen molar-refractivity contribution < 1.29 is 9.69 Å². The molecule has 0 heterocycles. The third-order valence-electron chi connectivity index (χ3n) is 2.02. The molecular weight excluding hydrogens is 150 g/mol. The Bertz CT molecular complexity index is 191. The summed E-state index contributed by atoms with van der Waals surface area (Å²) in [6, 6.07) is 0.0426. The average molecular weight is 168 g/mol. The molecule has 0 saturated heterocycles. The van der Waals surface area contributed by atoms with Crippen molar-refractivity contribution in [1.29, 1.82) is 0 Å². The van der Waals surface area contributed by atoms with Crippen LogP contribution in [0.2, 0.25) is 0 Å². The molecule has 0 spiro atoms. The first-order valence-corrected chi connectivity index (χ1v) is 4.27. The zero-order valence-electron chi connectivity index (χ0n) is 8.35. The second-order valence-electron chi connectivity index (χ2n) is 3.56. The molecule has 0 radical (unpaired) electrons. The molecule has 0 aromatic carbocycles. The minimum absolute atomic E-state index is 0.0426. The van der Waals surface area contributed by atoms with Gasteiger partial charge in [-0.3, -0.25) is 4.79 Å². The summed E-state index contributed by atoms with van der Waals surface area (Å²) < 4.78 is 0. The van der Waals surface area contributed by atoms with Crippen molar-refractivity contribution in [3.63, 3.8) is 0 Å². The number of quaternary nitrogens is 1. The number of hydrogen-bond acceptors (Lipinski definition) is 1. The van der Waals surface area contributed by atoms with E-state index in [4.69, 9.17) is 6.42 Å². The van der Waals surface area contributed by atoms with Crippen LogP contribution in [0.4, 0.5) is 0 Å². The van der Waals surface area contributed by atoms with Gasteiger partial charge < -0.3 is 4.90 Å². The van der Waals surface area contributed by atoms with Crippen molar-refractivity contribution in [3.05, 3.63) is 0 Å². The zero-order chi connectivity index (χ0) is 9.72. The molecule has 1 N–H and O–H groups in total. The van der Waals surface area contributed by atoms with Crippen molar-refractivity contribution in [2.75, 3.05) is 13.6 Å². The number of Topliss-reactive ketones (excluding diaryl/α,β-unsaturated/α-hetero) is 1. The number of rotatable bonds is 4. The van der Waals surface area contributed by atoms with Crippen LogP contribution in [0.5, 0.6) is 0 Å². The molecule has 0 aromatic heterocycles. The quantitative estimate of drug-likeness (QED) is 0.574. The van der Waals surface area contributed by atoms with Gasteiger partial charge in [-0.25, -0.2) is 0 Å². The van der Waals surface area contributed by atoms with Gasteiger partial charge in [0.2, 0.25) is 0 Å². The summed E-state index contributed by atoms with van der Waals surface area (Å²) in [5.41, 5.74) is 0. The molecule has 12 heavy (non-hydrogen) atoms. The summed E-state index contributed by atoms with van der Waals surface area (Å²) in [4.78, 5) is 12.3. The summed E-state index contributed by atoms with van der Waals surface area (Å²) in [7, 11) is 1.96. The van der Waals surface area contributed by atoms with Crippen LogP contribution in [0.15, 0.2) is 0 Å². The Morgan fingerprint density at radius 2 is 2.08 bits per heavy atom. The van der Waals surface area contributed by atoms with E-state index >= 15 is 0 Å². The van der Waals surface area contributed by atoms with Crippen molar-refractivity contribution in [2.45, 2.75) is 26.8 Å². The van der Waals surface area contributed by atoms with Gasteiger partial charge in [-0.1, -0.05) is 13.8 Å². The first kappa shape index (κ1) is 11.2. The molecule has 2 atom stereocenters. The van der Waals surface area contributed by atoms with E-state index in [1.807, 2.05) is 20.9 Å². The lowest BCUT2D eigenvalue weighted by Gasteiger charge is -2.23. The Morgan fingerprint density at radius 3 is 2.33 bits per heavy atom. The molecule has 0 rings (SSSR count). The summed E-state index contributed by atoms with van der Waals surface area (Å²) in [5.74, 6) is 3.15. The van der Waals surface area contributed by atoms with Crippen molar-refractivity contribution in [1.82, 2.24) is 0 Å². The molecule has 0 bridgehead atoms. The molecule has 0 amide bonds. The standard InChI is InChI=1S/C10H17NO/c1-6-7-11(5)10(8(2)3)9(4)12/h1,8,10H,7H2,2-5H3/p+1/t10-/m0/s1. The van der Waals surface area contributed by atoms with Crippen LogP contribution < -0.4 is 4.90 Å². The number of hydrogen-bond donors (Lipinski definition) is 1. The van der Waals surface area contributed by atoms with Crippen molar-refractivity contribution in [3.8, 4) is 12.3 Å². The van der Waals surface area contributed by atoms with Crippen LogP contribution in [0.1, 0.15) is 20.8 Å². The SMILES string of the molecule is C#CC[NH+](C)[C@H](C(C)=O)C(C)C. The van der Waals surface area contributed by atoms with E-state index in [2.05, 4.69) is 5.92 Å². The normalized spacial score (nSPS) is 15.3. The number of nitrogens with one attached hydrogen (secondary N) is 1. The molecule has 1 unspecified atom stereocenters. The van der Waals surface area contributed by atoms with Gasteiger partial charge >= 0.3 is 0 Å². The maximum atomic E-state index is 11.2. The highest BCUT2D eigenvalue weighted by atomic mass is 16.1. The number of carbonyl (C=O) groups is 1. The monoisotopic (exact) mass is 168 g/mol. The molecule has 68 valence electrons. The van der Waals surface area contributed by atoms with Crippen molar-refractivity contribution >= 4 is 5.78 Å². The summed E-state index contributed by atoms with van der Waals surface area (Å²) in [5, 5.41) is 0. The van der Waals surface area contributed by atoms with Gasteiger partial charge in [0.15, 0.2) is 5.78 Å². The highest BCUT2D eigenvalue weighted by Crippen LogP contribution is 1.98. The molecule has 0 aromatic rings. The fourth-order valence-corrected chi connectivity index (χ4v) is 1.66. The largest absolute Gasteiger partial charge is 0.318 e. The van der Waals surface area contributed by atoms with Crippen LogP contribution >= 0.6 is 0 Å². The van der Waals surface area contributed by atoms with Crippen LogP contribution in [-0.2, 0) is 4.79 Å². The molecule has 0 fully saturated rings. The van der Waals surface area contributed by atoms with E-state index in [0.29, 0.717) is 12.5 Å². The summed E-state index contributed by atoms with van der Waals surface area (Å²) >= 11 is 0. The fourth-order valence-electron chi connectivity index (χ4n) is 1.66. The van der Waals surface area contributed by atoms with E-state index in [0.717, 1.165) is 4.90 Å². The minimum Gasteiger partial charge on any atom is -0.318 e. The number of carbonyl (C=O) groups excluding carboxylic acids is 1. The van der Waals surface area contributed by atoms with E-state index in [9.17, 15) is 4.79 Å². The second-order valence-corrected chi connectivity index (χ2v) is 3.56. The first-order chi connectivity index (χ1) is 5.50. The lowest BCUT2D eigenvalue weighted by molar-refractivity contribution is -0.892. The molecule has 0 aliphatic heterocycles. The van der Waals surface area contributed by atoms with Gasteiger partial charge in [0, 0.05) is 12.8 Å². The van der Waals surface area contributed by atoms with Gasteiger partial charge in [0.25, 0.3) is 0 Å². The third kappa shape index (κ3) is 3.06. The topological polar surface area (TPSA) is 21.5 Å². The highest BCUT2D eigenvalue weighted by Gasteiger charge is 2.25. The average Bonchev–Trinajstić information content (AvgIpc) is 1.85. The van der Waals surface area contributed by atoms with Gasteiger partial charge in [-0.05, 0) is 5.92 Å². The van der Waals surface area contributed by atoms with Gasteiger partial charge in [-0.15, -0.1) is 6.42 Å². The molecule has 0 aliphatic rings. The molecule has 2 heteroatoms. The Balaban J connectivity index is 4.31. The Morgan fingerprint density at radius 1 is 1.58 bits per heavy atom. The van der Waals surface area contributed by atoms with E-state index in [1.54, 1.807) is 6.92 Å². The van der Waals surface area contributed by atoms with Crippen LogP contribution in [-0.4, -0.2) is 25.4 Å². The van der Waals surface area contributed by atoms with Gasteiger partial charge in [0.05, 0.1) is 7.05 Å². The van der Waals surface area contributed by atoms with E-state index in [-0.39, 0.29) is 11.8 Å². The van der Waals surface area contributed by atoms with E-state index in [1.165, 1.54) is 0 Å². The zero-order valence-corrected chi connectivity index (χ0v) is 8.35. The highest BCUT2D eigenvalue weighted by molar-refractivity contribution is 5.80. The summed E-state index contributed by atoms with van der Waals surface area (Å²) in [6.07, 6.45) is 5.19. The number of terminal acetylenes is 1. The maximum Gasteiger partial charge on any atom is 0.187 e. The molecular formula is C10H18NO+. The number of likely N-dealkylation sites (N-methyl/N-ethyl adjacent to an activating group) is 1. The first-order valence-electron chi connectivity index (χ1n) is 4.27. The smallest absolute Gasteiger partial charge is 0.187 e. The lowest BCUT2D eigenvalue weighted by Crippen LogP contribution is -3.14. The maximum absolute atomic E-state index is 11.2. The van der Waals surface area contributed by atoms with Gasteiger partial charge in [0.1, 0.15) is 12.6 Å². The fraction of sp³-hybridized carbons (Fsp3) is 0.700. The van der Waals surface area contributed by atoms with Crippen molar-refractivity contribution in [2.24, 2.45) is 5.92 Å². The second kappa shape index (κ2) is 4.95. The van der Waals surface area contributed by atoms with E-state index < -0.39 is 0 Å². The Labute approximate surface area is 74.9 Å². The molecule has 0 aliphatic carbocycles. The van der Waals surface area contributed by atoms with Crippen LogP contribution in [0.3, 0.4) is 0 Å². The number of ketones is 1. The minimum atomic E-state index is 0.0426. The Kier molecular flexibility index (Phi) is 4.61. The molecule has 2 nitrogen and oxygen atoms in total. The predicted molar refractivity (Wildman–Crippen MR) is 49.9 cm³/mol. The van der Waals surface area contributed by atoms with Gasteiger partial charge in [-0.2, -0.15) is 0 Å². The lowest BCUT2D eigenvalue weighted by atomic mass is 9.99. The third-order valence-corrected chi connectivity index (χ3v) is 2.02. The predicted octanol–water partition coefficient (Wildman–Crippen LogP) is -0.252. The van der Waals surface area contributed by atoms with Crippen LogP contribution in [0, 0.1) is 18.3 Å².